The Morgan fingerprint density at radius 1 is 0.949 bits per heavy atom. The highest BCUT2D eigenvalue weighted by Crippen LogP contribution is 2.48. The maximum absolute atomic E-state index is 12.9. The van der Waals surface area contributed by atoms with Crippen molar-refractivity contribution in [3.8, 4) is 11.1 Å². The van der Waals surface area contributed by atoms with Crippen LogP contribution in [0.2, 0.25) is 0 Å². The van der Waals surface area contributed by atoms with E-state index >= 15 is 0 Å². The summed E-state index contributed by atoms with van der Waals surface area (Å²) in [6.07, 6.45) is 0. The number of thiophene rings is 1. The first-order valence-corrected chi connectivity index (χ1v) is 15.8. The number of aromatic nitrogens is 1. The summed E-state index contributed by atoms with van der Waals surface area (Å²) in [5, 5.41) is 7.54. The van der Waals surface area contributed by atoms with Crippen LogP contribution >= 0.6 is 11.3 Å². The van der Waals surface area contributed by atoms with Gasteiger partial charge < -0.3 is 10.6 Å². The summed E-state index contributed by atoms with van der Waals surface area (Å²) in [5.41, 5.74) is 3.21. The van der Waals surface area contributed by atoms with E-state index in [0.717, 1.165) is 32.6 Å². The van der Waals surface area contributed by atoms with Crippen molar-refractivity contribution in [3.63, 3.8) is 0 Å². The molecule has 1 aromatic carbocycles. The molecule has 4 N–H and O–H groups in total. The average molecular weight is 595 g/mol. The fraction of sp³-hybridized carbons (Fsp3) is 0.333. The molecule has 0 saturated heterocycles. The van der Waals surface area contributed by atoms with Gasteiger partial charge in [-0.2, -0.15) is 16.8 Å². The number of fused-ring (bicyclic) bond motifs is 3. The molecule has 0 unspecified atom stereocenters. The molecule has 2 aromatic heterocycles. The molecular formula is C24H26N4O8S3. The van der Waals surface area contributed by atoms with E-state index in [9.17, 15) is 26.4 Å². The monoisotopic (exact) mass is 594 g/mol. The van der Waals surface area contributed by atoms with Crippen LogP contribution in [0, 0.1) is 0 Å². The molecule has 0 radical (unpaired) electrons. The molecule has 2 amide bonds. The number of amides is 2. The molecule has 0 saturated carbocycles. The van der Waals surface area contributed by atoms with Gasteiger partial charge in [0.05, 0.1) is 17.2 Å². The number of hydrogen-bond acceptors (Lipinski definition) is 9. The van der Waals surface area contributed by atoms with Gasteiger partial charge in [0, 0.05) is 39.9 Å². The summed E-state index contributed by atoms with van der Waals surface area (Å²) < 4.78 is 62.9. The van der Waals surface area contributed by atoms with Crippen LogP contribution in [0.3, 0.4) is 0 Å². The highest BCUT2D eigenvalue weighted by atomic mass is 32.2. The van der Waals surface area contributed by atoms with Gasteiger partial charge in [0.2, 0.25) is 0 Å². The lowest BCUT2D eigenvalue weighted by Gasteiger charge is -2.21. The normalized spacial score (nSPS) is 14.6. The Kier molecular flexibility index (Phi) is 7.66. The molecule has 3 aromatic rings. The lowest BCUT2D eigenvalue weighted by Crippen LogP contribution is -2.32. The second-order valence-electron chi connectivity index (χ2n) is 9.52. The van der Waals surface area contributed by atoms with Crippen molar-refractivity contribution in [1.29, 1.82) is 0 Å². The second-order valence-corrected chi connectivity index (χ2v) is 13.6. The van der Waals surface area contributed by atoms with E-state index < -0.39 is 56.6 Å². The van der Waals surface area contributed by atoms with Crippen LogP contribution in [0.25, 0.3) is 21.2 Å². The molecule has 12 nitrogen and oxygen atoms in total. The van der Waals surface area contributed by atoms with Crippen LogP contribution in [0.15, 0.2) is 34.6 Å². The molecule has 0 bridgehead atoms. The fourth-order valence-electron chi connectivity index (χ4n) is 4.13. The quantitative estimate of drug-likeness (QED) is 0.270. The van der Waals surface area contributed by atoms with Gasteiger partial charge in [0.25, 0.3) is 32.1 Å². The zero-order chi connectivity index (χ0) is 28.8. The topological polar surface area (TPSA) is 192 Å². The first-order chi connectivity index (χ1) is 18.1. The Bertz CT molecular complexity index is 1670. The zero-order valence-electron chi connectivity index (χ0n) is 21.2. The molecule has 0 atom stereocenters. The summed E-state index contributed by atoms with van der Waals surface area (Å²) in [7, 11) is -8.63. The van der Waals surface area contributed by atoms with E-state index in [1.165, 1.54) is 23.5 Å². The highest BCUT2D eigenvalue weighted by Gasteiger charge is 2.34. The van der Waals surface area contributed by atoms with Crippen molar-refractivity contribution in [2.45, 2.75) is 26.2 Å². The summed E-state index contributed by atoms with van der Waals surface area (Å²) in [6, 6.07) is 6.85. The first-order valence-electron chi connectivity index (χ1n) is 11.7. The molecule has 0 spiro atoms. The predicted molar refractivity (Wildman–Crippen MR) is 148 cm³/mol. The number of rotatable bonds is 9. The van der Waals surface area contributed by atoms with Crippen molar-refractivity contribution in [3.05, 3.63) is 46.6 Å². The highest BCUT2D eigenvalue weighted by molar-refractivity contribution is 7.86. The Morgan fingerprint density at radius 3 is 2.00 bits per heavy atom. The Balaban J connectivity index is 1.80. The lowest BCUT2D eigenvalue weighted by atomic mass is 9.80. The van der Waals surface area contributed by atoms with E-state index in [0.29, 0.717) is 5.56 Å². The Labute approximate surface area is 229 Å². The van der Waals surface area contributed by atoms with Crippen LogP contribution in [0.5, 0.6) is 0 Å². The standard InChI is InChI=1S/C24H26N4O8S3/c1-13-24(2,3)17-12-16(21-15(4-7-37-21)20(17)27-13)14-10-18(22(29)25-5-8-38(31,32)33)28-19(11-14)23(30)26-6-9-39(34,35)36/h4,7,10-12H,5-6,8-9H2,1-3H3,(H,25,29)(H,26,30)(H,31,32,33)(H,34,35,36). The number of hydrogen-bond donors (Lipinski definition) is 4. The number of nitrogens with one attached hydrogen (secondary N) is 2. The number of carbonyl (C=O) groups excluding carboxylic acids is 2. The summed E-state index contributed by atoms with van der Waals surface area (Å²) in [4.78, 5) is 34.6. The van der Waals surface area contributed by atoms with Crippen LogP contribution in [0.1, 0.15) is 47.3 Å². The molecule has 3 heterocycles. The maximum Gasteiger partial charge on any atom is 0.269 e. The molecule has 1 aliphatic heterocycles. The molecule has 0 fully saturated rings. The van der Waals surface area contributed by atoms with E-state index in [4.69, 9.17) is 14.1 Å². The van der Waals surface area contributed by atoms with Gasteiger partial charge in [0.1, 0.15) is 11.4 Å². The number of carbonyl (C=O) groups is 2. The smallest absolute Gasteiger partial charge is 0.269 e. The van der Waals surface area contributed by atoms with Crippen molar-refractivity contribution < 1.29 is 35.5 Å². The molecule has 39 heavy (non-hydrogen) atoms. The first kappa shape index (κ1) is 28.8. The molecule has 208 valence electrons. The van der Waals surface area contributed by atoms with E-state index in [1.54, 1.807) is 0 Å². The molecule has 15 heteroatoms. The number of benzene rings is 1. The van der Waals surface area contributed by atoms with Crippen molar-refractivity contribution in [2.24, 2.45) is 4.99 Å². The number of pyridine rings is 1. The lowest BCUT2D eigenvalue weighted by molar-refractivity contribution is 0.0947. The summed E-state index contributed by atoms with van der Waals surface area (Å²) in [5.74, 6) is -2.99. The molecule has 4 rings (SSSR count). The largest absolute Gasteiger partial charge is 0.350 e. The van der Waals surface area contributed by atoms with E-state index in [-0.39, 0.29) is 16.8 Å². The SMILES string of the molecule is CC1=Nc2c(cc(-c3cc(C(=O)NCCS(=O)(=O)O)nc(C(=O)NCCS(=O)(=O)O)c3)c3sccc23)C1(C)C. The zero-order valence-corrected chi connectivity index (χ0v) is 23.6. The van der Waals surface area contributed by atoms with Gasteiger partial charge in [-0.05, 0) is 47.7 Å². The molecule has 0 aliphatic carbocycles. The van der Waals surface area contributed by atoms with Gasteiger partial charge in [-0.3, -0.25) is 23.7 Å². The number of nitrogens with zero attached hydrogens (tertiary/aromatic N) is 2. The van der Waals surface area contributed by atoms with Crippen LogP contribution in [-0.2, 0) is 25.7 Å². The van der Waals surface area contributed by atoms with Gasteiger partial charge in [-0.1, -0.05) is 13.8 Å². The van der Waals surface area contributed by atoms with Gasteiger partial charge in [-0.25, -0.2) is 4.98 Å². The molecule has 1 aliphatic rings. The second kappa shape index (κ2) is 10.4. The third kappa shape index (κ3) is 6.33. The predicted octanol–water partition coefficient (Wildman–Crippen LogP) is 2.58. The van der Waals surface area contributed by atoms with E-state index in [2.05, 4.69) is 15.6 Å². The third-order valence-electron chi connectivity index (χ3n) is 6.46. The Hall–Kier alpha value is -3.24. The average Bonchev–Trinajstić information content (AvgIpc) is 3.39. The fourth-order valence-corrected chi connectivity index (χ4v) is 5.78. The minimum Gasteiger partial charge on any atom is -0.350 e. The van der Waals surface area contributed by atoms with Crippen molar-refractivity contribution in [1.82, 2.24) is 15.6 Å². The maximum atomic E-state index is 12.9. The van der Waals surface area contributed by atoms with Crippen LogP contribution < -0.4 is 10.6 Å². The summed E-state index contributed by atoms with van der Waals surface area (Å²) in [6.45, 7) is 5.27. The third-order valence-corrected chi connectivity index (χ3v) is 8.85. The van der Waals surface area contributed by atoms with Gasteiger partial charge in [0.15, 0.2) is 0 Å². The van der Waals surface area contributed by atoms with Crippen molar-refractivity contribution >= 4 is 64.9 Å². The minimum absolute atomic E-state index is 0.195. The summed E-state index contributed by atoms with van der Waals surface area (Å²) >= 11 is 1.46. The van der Waals surface area contributed by atoms with Crippen LogP contribution in [-0.4, -0.2) is 73.0 Å². The minimum atomic E-state index is -4.31. The van der Waals surface area contributed by atoms with E-state index in [1.807, 2.05) is 38.3 Å². The molecular weight excluding hydrogens is 568 g/mol. The number of aliphatic imine (C=N–C) groups is 1. The van der Waals surface area contributed by atoms with Gasteiger partial charge >= 0.3 is 0 Å². The van der Waals surface area contributed by atoms with Crippen LogP contribution in [0.4, 0.5) is 5.69 Å². The Morgan fingerprint density at radius 2 is 1.49 bits per heavy atom. The van der Waals surface area contributed by atoms with Crippen molar-refractivity contribution in [2.75, 3.05) is 24.6 Å². The van der Waals surface area contributed by atoms with Gasteiger partial charge in [-0.15, -0.1) is 11.3 Å².